The van der Waals surface area contributed by atoms with E-state index in [1.54, 1.807) is 0 Å². The summed E-state index contributed by atoms with van der Waals surface area (Å²) in [5, 5.41) is 0. The largest absolute Gasteiger partial charge is 0.494 e. The minimum atomic E-state index is 0.157. The minimum Gasteiger partial charge on any atom is -0.494 e. The number of hydrogen-bond acceptors (Lipinski definition) is 4. The molecule has 2 heterocycles. The van der Waals surface area contributed by atoms with E-state index in [0.29, 0.717) is 12.5 Å². The Hall–Kier alpha value is -3.15. The van der Waals surface area contributed by atoms with Crippen molar-refractivity contribution in [2.45, 2.75) is 64.2 Å². The predicted molar refractivity (Wildman–Crippen MR) is 154 cm³/mol. The van der Waals surface area contributed by atoms with Gasteiger partial charge in [-0.05, 0) is 74.5 Å². The molecule has 0 bridgehead atoms. The number of nitrogens with zero attached hydrogens (tertiary/aromatic N) is 3. The minimum absolute atomic E-state index is 0.157. The molecule has 1 amide bonds. The maximum absolute atomic E-state index is 13.0. The summed E-state index contributed by atoms with van der Waals surface area (Å²) in [6, 6.07) is 30.2. The number of ether oxygens (including phenoxy) is 1. The summed E-state index contributed by atoms with van der Waals surface area (Å²) in [4.78, 5) is 20.1. The molecule has 38 heavy (non-hydrogen) atoms. The highest BCUT2D eigenvalue weighted by atomic mass is 16.5. The molecule has 5 heteroatoms. The van der Waals surface area contributed by atoms with E-state index in [0.717, 1.165) is 57.1 Å². The number of hydrogen-bond donors (Lipinski definition) is 0. The Kier molecular flexibility index (Phi) is 9.11. The molecule has 5 rings (SSSR count). The monoisotopic (exact) mass is 511 g/mol. The molecule has 0 N–H and O–H groups in total. The maximum atomic E-state index is 13.0. The van der Waals surface area contributed by atoms with Crippen LogP contribution in [0.1, 0.15) is 50.2 Å². The van der Waals surface area contributed by atoms with E-state index in [4.69, 9.17) is 4.74 Å². The SMILES string of the molecule is CC1CCCN1CCCOc1ccc(N2C(=O)CCC2CN(Cc2ccccc2)Cc2ccccc2)cc1. The number of rotatable bonds is 12. The van der Waals surface area contributed by atoms with Crippen LogP contribution in [0.4, 0.5) is 5.69 Å². The molecule has 2 atom stereocenters. The average Bonchev–Trinajstić information content (AvgIpc) is 3.52. The molecule has 0 aliphatic carbocycles. The highest BCUT2D eigenvalue weighted by molar-refractivity contribution is 5.96. The van der Waals surface area contributed by atoms with Crippen LogP contribution in [-0.4, -0.2) is 54.0 Å². The molecule has 0 aromatic heterocycles. The number of amides is 1. The molecule has 5 nitrogen and oxygen atoms in total. The highest BCUT2D eigenvalue weighted by Gasteiger charge is 2.33. The molecule has 2 fully saturated rings. The van der Waals surface area contributed by atoms with E-state index in [-0.39, 0.29) is 11.9 Å². The summed E-state index contributed by atoms with van der Waals surface area (Å²) in [7, 11) is 0. The summed E-state index contributed by atoms with van der Waals surface area (Å²) >= 11 is 0. The first-order valence-electron chi connectivity index (χ1n) is 14.2. The molecule has 2 aliphatic heterocycles. The molecule has 0 spiro atoms. The van der Waals surface area contributed by atoms with Crippen LogP contribution in [0.3, 0.4) is 0 Å². The fourth-order valence-corrected chi connectivity index (χ4v) is 5.92. The van der Waals surface area contributed by atoms with Crippen molar-refractivity contribution in [1.82, 2.24) is 9.80 Å². The molecule has 0 saturated carbocycles. The van der Waals surface area contributed by atoms with Gasteiger partial charge in [-0.25, -0.2) is 0 Å². The van der Waals surface area contributed by atoms with Gasteiger partial charge in [0.2, 0.25) is 5.91 Å². The van der Waals surface area contributed by atoms with Gasteiger partial charge in [-0.3, -0.25) is 9.69 Å². The van der Waals surface area contributed by atoms with Crippen LogP contribution < -0.4 is 9.64 Å². The third-order valence-corrected chi connectivity index (χ3v) is 7.96. The standard InChI is InChI=1S/C33H41N3O2/c1-27-10-8-21-35(27)22-9-23-38-32-18-15-30(16-19-32)36-31(17-20-33(36)37)26-34(24-28-11-4-2-5-12-28)25-29-13-6-3-7-14-29/h2-7,11-16,18-19,27,31H,8-10,17,20-26H2,1H3. The van der Waals surface area contributed by atoms with Crippen LogP contribution >= 0.6 is 0 Å². The molecule has 2 unspecified atom stereocenters. The summed E-state index contributed by atoms with van der Waals surface area (Å²) in [5.41, 5.74) is 3.55. The van der Waals surface area contributed by atoms with E-state index in [2.05, 4.69) is 77.4 Å². The predicted octanol–water partition coefficient (Wildman–Crippen LogP) is 6.14. The maximum Gasteiger partial charge on any atom is 0.227 e. The lowest BCUT2D eigenvalue weighted by molar-refractivity contribution is -0.117. The van der Waals surface area contributed by atoms with Crippen molar-refractivity contribution in [1.29, 1.82) is 0 Å². The molecule has 0 radical (unpaired) electrons. The first kappa shape index (κ1) is 26.5. The van der Waals surface area contributed by atoms with Crippen molar-refractivity contribution in [2.75, 3.05) is 31.1 Å². The van der Waals surface area contributed by atoms with Gasteiger partial charge in [0.15, 0.2) is 0 Å². The van der Waals surface area contributed by atoms with Gasteiger partial charge >= 0.3 is 0 Å². The third-order valence-electron chi connectivity index (χ3n) is 7.96. The zero-order valence-corrected chi connectivity index (χ0v) is 22.7. The molecule has 2 saturated heterocycles. The van der Waals surface area contributed by atoms with Crippen LogP contribution in [0, 0.1) is 0 Å². The molecule has 200 valence electrons. The van der Waals surface area contributed by atoms with Crippen molar-refractivity contribution < 1.29 is 9.53 Å². The van der Waals surface area contributed by atoms with Gasteiger partial charge in [0.05, 0.1) is 12.6 Å². The number of carbonyl (C=O) groups is 1. The summed E-state index contributed by atoms with van der Waals surface area (Å²) in [5.74, 6) is 1.09. The van der Waals surface area contributed by atoms with Gasteiger partial charge < -0.3 is 14.5 Å². The van der Waals surface area contributed by atoms with Gasteiger partial charge in [0, 0.05) is 44.3 Å². The van der Waals surface area contributed by atoms with Crippen molar-refractivity contribution in [3.8, 4) is 5.75 Å². The van der Waals surface area contributed by atoms with Crippen LogP contribution in [0.25, 0.3) is 0 Å². The summed E-state index contributed by atoms with van der Waals surface area (Å²) < 4.78 is 6.03. The first-order valence-corrected chi connectivity index (χ1v) is 14.2. The molecule has 3 aromatic rings. The second kappa shape index (κ2) is 13.1. The lowest BCUT2D eigenvalue weighted by Gasteiger charge is -2.31. The quantitative estimate of drug-likeness (QED) is 0.274. The number of benzene rings is 3. The topological polar surface area (TPSA) is 36.0 Å². The van der Waals surface area contributed by atoms with E-state index in [1.807, 2.05) is 29.2 Å². The van der Waals surface area contributed by atoms with Crippen molar-refractivity contribution in [3.05, 3.63) is 96.1 Å². The lowest BCUT2D eigenvalue weighted by Crippen LogP contribution is -2.41. The molecular weight excluding hydrogens is 470 g/mol. The van der Waals surface area contributed by atoms with Crippen LogP contribution in [0.5, 0.6) is 5.75 Å². The number of likely N-dealkylation sites (tertiary alicyclic amines) is 1. The highest BCUT2D eigenvalue weighted by Crippen LogP contribution is 2.29. The smallest absolute Gasteiger partial charge is 0.227 e. The van der Waals surface area contributed by atoms with Gasteiger partial charge in [-0.15, -0.1) is 0 Å². The van der Waals surface area contributed by atoms with E-state index in [1.165, 1.54) is 30.5 Å². The fraction of sp³-hybridized carbons (Fsp3) is 0.424. The molecule has 3 aromatic carbocycles. The summed E-state index contributed by atoms with van der Waals surface area (Å²) in [6.07, 6.45) is 5.15. The number of carbonyl (C=O) groups excluding carboxylic acids is 1. The average molecular weight is 512 g/mol. The van der Waals surface area contributed by atoms with E-state index >= 15 is 0 Å². The Balaban J connectivity index is 1.20. The lowest BCUT2D eigenvalue weighted by atomic mass is 10.1. The zero-order valence-electron chi connectivity index (χ0n) is 22.7. The van der Waals surface area contributed by atoms with Crippen molar-refractivity contribution in [3.63, 3.8) is 0 Å². The van der Waals surface area contributed by atoms with Crippen molar-refractivity contribution in [2.24, 2.45) is 0 Å². The third kappa shape index (κ3) is 7.03. The Labute approximate surface area is 228 Å². The Morgan fingerprint density at radius 3 is 2.13 bits per heavy atom. The zero-order chi connectivity index (χ0) is 26.2. The fourth-order valence-electron chi connectivity index (χ4n) is 5.92. The van der Waals surface area contributed by atoms with Crippen molar-refractivity contribution >= 4 is 11.6 Å². The Bertz CT molecular complexity index is 1090. The normalized spacial score (nSPS) is 19.9. The van der Waals surface area contributed by atoms with Gasteiger partial charge in [-0.2, -0.15) is 0 Å². The van der Waals surface area contributed by atoms with Crippen LogP contribution in [0.15, 0.2) is 84.9 Å². The van der Waals surface area contributed by atoms with E-state index < -0.39 is 0 Å². The Morgan fingerprint density at radius 1 is 0.868 bits per heavy atom. The first-order chi connectivity index (χ1) is 18.7. The summed E-state index contributed by atoms with van der Waals surface area (Å²) in [6.45, 7) is 7.92. The second-order valence-corrected chi connectivity index (χ2v) is 10.8. The van der Waals surface area contributed by atoms with Gasteiger partial charge in [0.25, 0.3) is 0 Å². The van der Waals surface area contributed by atoms with Crippen LogP contribution in [0.2, 0.25) is 0 Å². The van der Waals surface area contributed by atoms with Gasteiger partial charge in [-0.1, -0.05) is 60.7 Å². The molecular formula is C33H41N3O2. The van der Waals surface area contributed by atoms with E-state index in [9.17, 15) is 4.79 Å². The second-order valence-electron chi connectivity index (χ2n) is 10.8. The Morgan fingerprint density at radius 2 is 1.53 bits per heavy atom. The van der Waals surface area contributed by atoms with Crippen LogP contribution in [-0.2, 0) is 17.9 Å². The van der Waals surface area contributed by atoms with Gasteiger partial charge in [0.1, 0.15) is 5.75 Å². The molecule has 2 aliphatic rings. The number of anilines is 1.